The normalized spacial score (nSPS) is 26.9. The fourth-order valence-corrected chi connectivity index (χ4v) is 1.85. The first kappa shape index (κ1) is 10.9. The monoisotopic (exact) mass is 200 g/mol. The van der Waals surface area contributed by atoms with Gasteiger partial charge < -0.3 is 5.32 Å². The number of hydrogen-bond acceptors (Lipinski definition) is 3. The zero-order chi connectivity index (χ0) is 10.6. The molecule has 0 atom stereocenters. The van der Waals surface area contributed by atoms with Crippen LogP contribution in [0.5, 0.6) is 0 Å². The standard InChI is InChI=1S/C9H16N2O3/c1-7(12)10-6-8-2-4-9(5-3-8)11(13)14/h8-9H,2-6H2,1H3,(H,10,12). The van der Waals surface area contributed by atoms with Gasteiger partial charge in [0.15, 0.2) is 0 Å². The minimum atomic E-state index is -0.358. The van der Waals surface area contributed by atoms with Gasteiger partial charge in [0.25, 0.3) is 0 Å². The predicted octanol–water partition coefficient (Wildman–Crippen LogP) is 0.958. The lowest BCUT2D eigenvalue weighted by Crippen LogP contribution is -2.32. The van der Waals surface area contributed by atoms with Gasteiger partial charge in [0.2, 0.25) is 11.9 Å². The molecule has 1 amide bonds. The van der Waals surface area contributed by atoms with Crippen LogP contribution in [0.25, 0.3) is 0 Å². The fraction of sp³-hybridized carbons (Fsp3) is 0.889. The Balaban J connectivity index is 2.22. The van der Waals surface area contributed by atoms with Crippen LogP contribution < -0.4 is 5.32 Å². The Morgan fingerprint density at radius 1 is 1.43 bits per heavy atom. The Bertz CT molecular complexity index is 222. The Morgan fingerprint density at radius 3 is 2.43 bits per heavy atom. The van der Waals surface area contributed by atoms with Crippen LogP contribution in [-0.2, 0) is 4.79 Å². The molecule has 0 unspecified atom stereocenters. The van der Waals surface area contributed by atoms with E-state index in [1.807, 2.05) is 0 Å². The zero-order valence-electron chi connectivity index (χ0n) is 8.36. The van der Waals surface area contributed by atoms with E-state index in [1.165, 1.54) is 6.92 Å². The van der Waals surface area contributed by atoms with Crippen molar-refractivity contribution >= 4 is 5.91 Å². The molecule has 5 nitrogen and oxygen atoms in total. The highest BCUT2D eigenvalue weighted by molar-refractivity contribution is 5.72. The molecular weight excluding hydrogens is 184 g/mol. The van der Waals surface area contributed by atoms with E-state index in [0.717, 1.165) is 12.8 Å². The molecule has 1 aliphatic carbocycles. The van der Waals surface area contributed by atoms with Crippen molar-refractivity contribution in [1.29, 1.82) is 0 Å². The van der Waals surface area contributed by atoms with Crippen LogP contribution >= 0.6 is 0 Å². The molecule has 0 spiro atoms. The molecule has 1 N–H and O–H groups in total. The van der Waals surface area contributed by atoms with E-state index < -0.39 is 0 Å². The molecule has 1 fully saturated rings. The van der Waals surface area contributed by atoms with Crippen molar-refractivity contribution in [1.82, 2.24) is 5.32 Å². The Labute approximate surface area is 83.0 Å². The highest BCUT2D eigenvalue weighted by Gasteiger charge is 2.28. The molecular formula is C9H16N2O3. The molecule has 0 radical (unpaired) electrons. The second kappa shape index (κ2) is 4.93. The Hall–Kier alpha value is -1.13. The molecule has 1 saturated carbocycles. The summed E-state index contributed by atoms with van der Waals surface area (Å²) in [4.78, 5) is 20.9. The summed E-state index contributed by atoms with van der Waals surface area (Å²) in [6, 6.07) is -0.358. The van der Waals surface area contributed by atoms with Crippen LogP contribution in [-0.4, -0.2) is 23.4 Å². The van der Waals surface area contributed by atoms with E-state index in [0.29, 0.717) is 25.3 Å². The van der Waals surface area contributed by atoms with Gasteiger partial charge in [-0.1, -0.05) is 0 Å². The molecule has 0 aliphatic heterocycles. The van der Waals surface area contributed by atoms with Crippen LogP contribution in [0.3, 0.4) is 0 Å². The predicted molar refractivity (Wildman–Crippen MR) is 51.4 cm³/mol. The van der Waals surface area contributed by atoms with E-state index in [2.05, 4.69) is 5.32 Å². The summed E-state index contributed by atoms with van der Waals surface area (Å²) in [5.41, 5.74) is 0. The zero-order valence-corrected chi connectivity index (χ0v) is 8.36. The molecule has 5 heteroatoms. The van der Waals surface area contributed by atoms with E-state index >= 15 is 0 Å². The average molecular weight is 200 g/mol. The SMILES string of the molecule is CC(=O)NCC1CCC([N+](=O)[O-])CC1. The molecule has 0 aromatic heterocycles. The third kappa shape index (κ3) is 3.32. The number of amides is 1. The summed E-state index contributed by atoms with van der Waals surface area (Å²) in [5, 5.41) is 13.2. The lowest BCUT2D eigenvalue weighted by molar-refractivity contribution is -0.527. The summed E-state index contributed by atoms with van der Waals surface area (Å²) >= 11 is 0. The largest absolute Gasteiger partial charge is 0.356 e. The van der Waals surface area contributed by atoms with Crippen molar-refractivity contribution in [2.45, 2.75) is 38.6 Å². The molecule has 80 valence electrons. The quantitative estimate of drug-likeness (QED) is 0.544. The van der Waals surface area contributed by atoms with Crippen LogP contribution in [0.1, 0.15) is 32.6 Å². The second-order valence-corrected chi connectivity index (χ2v) is 3.90. The lowest BCUT2D eigenvalue weighted by atomic mass is 9.86. The van der Waals surface area contributed by atoms with E-state index in [9.17, 15) is 14.9 Å². The van der Waals surface area contributed by atoms with Gasteiger partial charge in [-0.05, 0) is 18.8 Å². The van der Waals surface area contributed by atoms with Crippen LogP contribution in [0.2, 0.25) is 0 Å². The van der Waals surface area contributed by atoms with Crippen molar-refractivity contribution in [3.05, 3.63) is 10.1 Å². The van der Waals surface area contributed by atoms with Gasteiger partial charge in [-0.25, -0.2) is 0 Å². The van der Waals surface area contributed by atoms with Crippen molar-refractivity contribution in [3.8, 4) is 0 Å². The number of hydrogen-bond donors (Lipinski definition) is 1. The fourth-order valence-electron chi connectivity index (χ4n) is 1.85. The summed E-state index contributed by atoms with van der Waals surface area (Å²) in [6.07, 6.45) is 3.01. The highest BCUT2D eigenvalue weighted by atomic mass is 16.6. The molecule has 0 bridgehead atoms. The van der Waals surface area contributed by atoms with Gasteiger partial charge in [-0.2, -0.15) is 0 Å². The maximum absolute atomic E-state index is 10.6. The molecule has 0 aromatic carbocycles. The molecule has 0 aromatic rings. The highest BCUT2D eigenvalue weighted by Crippen LogP contribution is 2.25. The maximum Gasteiger partial charge on any atom is 0.216 e. The molecule has 1 rings (SSSR count). The molecule has 1 aliphatic rings. The molecule has 14 heavy (non-hydrogen) atoms. The summed E-state index contributed by atoms with van der Waals surface area (Å²) in [5.74, 6) is 0.400. The average Bonchev–Trinajstić information content (AvgIpc) is 2.15. The number of nitrogens with zero attached hydrogens (tertiary/aromatic N) is 1. The number of nitro groups is 1. The number of carbonyl (C=O) groups excluding carboxylic acids is 1. The summed E-state index contributed by atoms with van der Waals surface area (Å²) in [6.45, 7) is 2.16. The summed E-state index contributed by atoms with van der Waals surface area (Å²) in [7, 11) is 0. The third-order valence-electron chi connectivity index (χ3n) is 2.75. The smallest absolute Gasteiger partial charge is 0.216 e. The van der Waals surface area contributed by atoms with Crippen LogP contribution in [0.4, 0.5) is 0 Å². The topological polar surface area (TPSA) is 72.2 Å². The first-order chi connectivity index (χ1) is 6.59. The number of nitrogens with one attached hydrogen (secondary N) is 1. The summed E-state index contributed by atoms with van der Waals surface area (Å²) < 4.78 is 0. The van der Waals surface area contributed by atoms with Gasteiger partial charge in [-0.3, -0.25) is 14.9 Å². The number of carbonyl (C=O) groups is 1. The Kier molecular flexibility index (Phi) is 3.85. The first-order valence-corrected chi connectivity index (χ1v) is 4.97. The number of rotatable bonds is 3. The van der Waals surface area contributed by atoms with Gasteiger partial charge in [0.1, 0.15) is 0 Å². The molecule has 0 saturated heterocycles. The molecule has 0 heterocycles. The minimum Gasteiger partial charge on any atom is -0.356 e. The van der Waals surface area contributed by atoms with E-state index in [4.69, 9.17) is 0 Å². The third-order valence-corrected chi connectivity index (χ3v) is 2.75. The van der Waals surface area contributed by atoms with Crippen molar-refractivity contribution in [2.75, 3.05) is 6.54 Å². The van der Waals surface area contributed by atoms with Gasteiger partial charge in [0.05, 0.1) is 0 Å². The Morgan fingerprint density at radius 2 is 2.00 bits per heavy atom. The van der Waals surface area contributed by atoms with Gasteiger partial charge in [0, 0.05) is 31.2 Å². The van der Waals surface area contributed by atoms with Crippen LogP contribution in [0, 0.1) is 16.0 Å². The van der Waals surface area contributed by atoms with Gasteiger partial charge in [-0.15, -0.1) is 0 Å². The van der Waals surface area contributed by atoms with Crippen molar-refractivity contribution in [3.63, 3.8) is 0 Å². The van der Waals surface area contributed by atoms with Crippen LogP contribution in [0.15, 0.2) is 0 Å². The minimum absolute atomic E-state index is 0.0265. The van der Waals surface area contributed by atoms with E-state index in [1.54, 1.807) is 0 Å². The lowest BCUT2D eigenvalue weighted by Gasteiger charge is -2.23. The first-order valence-electron chi connectivity index (χ1n) is 4.97. The van der Waals surface area contributed by atoms with Crippen molar-refractivity contribution in [2.24, 2.45) is 5.92 Å². The van der Waals surface area contributed by atoms with E-state index in [-0.39, 0.29) is 16.9 Å². The maximum atomic E-state index is 10.6. The van der Waals surface area contributed by atoms with Gasteiger partial charge >= 0.3 is 0 Å². The second-order valence-electron chi connectivity index (χ2n) is 3.90. The van der Waals surface area contributed by atoms with Crippen molar-refractivity contribution < 1.29 is 9.72 Å².